The highest BCUT2D eigenvalue weighted by Gasteiger charge is 2.44. The number of nitrogens with zero attached hydrogens (tertiary/aromatic N) is 3. The Balaban J connectivity index is 1.49. The summed E-state index contributed by atoms with van der Waals surface area (Å²) < 4.78 is 15.4. The highest BCUT2D eigenvalue weighted by atomic mass is 32.1. The second-order valence-electron chi connectivity index (χ2n) is 8.64. The van der Waals surface area contributed by atoms with Crippen molar-refractivity contribution in [3.63, 3.8) is 0 Å². The van der Waals surface area contributed by atoms with Crippen LogP contribution in [0.3, 0.4) is 0 Å². The van der Waals surface area contributed by atoms with Gasteiger partial charge in [0, 0.05) is 31.9 Å². The van der Waals surface area contributed by atoms with Crippen LogP contribution in [-0.4, -0.2) is 92.4 Å². The summed E-state index contributed by atoms with van der Waals surface area (Å²) in [6, 6.07) is 12.7. The summed E-state index contributed by atoms with van der Waals surface area (Å²) in [6.45, 7) is 4.15. The van der Waals surface area contributed by atoms with Crippen LogP contribution in [0.25, 0.3) is 0 Å². The van der Waals surface area contributed by atoms with Crippen LogP contribution in [0, 0.1) is 0 Å². The highest BCUT2D eigenvalue weighted by Crippen LogP contribution is 2.29. The third kappa shape index (κ3) is 6.24. The van der Waals surface area contributed by atoms with E-state index in [1.165, 1.54) is 12.0 Å². The molecule has 2 amide bonds. The normalized spacial score (nSPS) is 18.2. The van der Waals surface area contributed by atoms with E-state index in [0.29, 0.717) is 54.1 Å². The maximum absolute atomic E-state index is 13.6. The molecule has 1 N–H and O–H groups in total. The zero-order valence-corrected chi connectivity index (χ0v) is 21.7. The van der Waals surface area contributed by atoms with Gasteiger partial charge in [0.15, 0.2) is 5.11 Å². The van der Waals surface area contributed by atoms with Crippen molar-refractivity contribution < 1.29 is 28.6 Å². The number of ether oxygens (including phenoxy) is 3. The third-order valence-corrected chi connectivity index (χ3v) is 6.80. The molecule has 1 atom stereocenters. The summed E-state index contributed by atoms with van der Waals surface area (Å²) in [5, 5.41) is 3.17. The van der Waals surface area contributed by atoms with Crippen molar-refractivity contribution in [2.24, 2.45) is 0 Å². The number of hydrogen-bond donors (Lipinski definition) is 1. The van der Waals surface area contributed by atoms with Gasteiger partial charge in [-0.1, -0.05) is 0 Å². The first-order valence-corrected chi connectivity index (χ1v) is 12.4. The molecule has 2 saturated heterocycles. The second kappa shape index (κ2) is 12.1. The number of esters is 1. The van der Waals surface area contributed by atoms with Crippen molar-refractivity contribution >= 4 is 46.5 Å². The van der Waals surface area contributed by atoms with Crippen molar-refractivity contribution in [3.05, 3.63) is 54.1 Å². The minimum Gasteiger partial charge on any atom is -0.497 e. The highest BCUT2D eigenvalue weighted by molar-refractivity contribution is 7.80. The van der Waals surface area contributed by atoms with E-state index in [4.69, 9.17) is 26.4 Å². The quantitative estimate of drug-likeness (QED) is 0.389. The van der Waals surface area contributed by atoms with Crippen molar-refractivity contribution in [1.82, 2.24) is 9.80 Å². The molecular formula is C26H30N4O6S. The van der Waals surface area contributed by atoms with Crippen molar-refractivity contribution in [2.75, 3.05) is 63.8 Å². The van der Waals surface area contributed by atoms with Gasteiger partial charge in [-0.25, -0.2) is 4.79 Å². The number of methoxy groups -OCH3 is 2. The van der Waals surface area contributed by atoms with Crippen molar-refractivity contribution in [2.45, 2.75) is 12.5 Å². The minimum atomic E-state index is -0.745. The van der Waals surface area contributed by atoms with Gasteiger partial charge in [-0.3, -0.25) is 19.4 Å². The zero-order valence-electron chi connectivity index (χ0n) is 20.8. The SMILES string of the molecule is COC(=O)c1ccc(NC(=O)C[C@H]2C(=O)N(c3ccc(OC)cc3)C(=S)N2CCN2CCOCC2)cc1. The predicted octanol–water partition coefficient (Wildman–Crippen LogP) is 2.14. The number of carbonyl (C=O) groups excluding carboxylic acids is 3. The molecule has 2 heterocycles. The number of nitrogens with one attached hydrogen (secondary N) is 1. The largest absolute Gasteiger partial charge is 0.497 e. The number of amides is 2. The molecular weight excluding hydrogens is 496 g/mol. The van der Waals surface area contributed by atoms with E-state index in [1.54, 1.807) is 55.6 Å². The topological polar surface area (TPSA) is 101 Å². The van der Waals surface area contributed by atoms with E-state index in [2.05, 4.69) is 10.2 Å². The Bertz CT molecular complexity index is 1130. The molecule has 37 heavy (non-hydrogen) atoms. The molecule has 11 heteroatoms. The average molecular weight is 527 g/mol. The molecule has 0 saturated carbocycles. The van der Waals surface area contributed by atoms with Gasteiger partial charge in [-0.2, -0.15) is 0 Å². The fourth-order valence-corrected chi connectivity index (χ4v) is 4.74. The lowest BCUT2D eigenvalue weighted by Gasteiger charge is -2.30. The van der Waals surface area contributed by atoms with E-state index in [0.717, 1.165) is 13.1 Å². The van der Waals surface area contributed by atoms with Gasteiger partial charge in [-0.05, 0) is 60.7 Å². The molecule has 4 rings (SSSR count). The number of rotatable bonds is 9. The molecule has 196 valence electrons. The lowest BCUT2D eigenvalue weighted by atomic mass is 10.1. The molecule has 0 aromatic heterocycles. The second-order valence-corrected chi connectivity index (χ2v) is 9.00. The van der Waals surface area contributed by atoms with Crippen LogP contribution in [0.4, 0.5) is 11.4 Å². The molecule has 2 aromatic rings. The standard InChI is InChI=1S/C26H30N4O6S/c1-34-21-9-7-20(8-10-21)30-24(32)22(29(26(30)37)12-11-28-13-15-36-16-14-28)17-23(31)27-19-5-3-18(4-6-19)25(33)35-2/h3-10,22H,11-17H2,1-2H3,(H,27,31)/t22-/m0/s1. The number of hydrogen-bond acceptors (Lipinski definition) is 8. The minimum absolute atomic E-state index is 0.0759. The van der Waals surface area contributed by atoms with Crippen LogP contribution in [0.1, 0.15) is 16.8 Å². The van der Waals surface area contributed by atoms with E-state index in [9.17, 15) is 14.4 Å². The Kier molecular flexibility index (Phi) is 8.70. The summed E-state index contributed by atoms with van der Waals surface area (Å²) in [5.41, 5.74) is 1.51. The first-order chi connectivity index (χ1) is 17.9. The lowest BCUT2D eigenvalue weighted by Crippen LogP contribution is -2.45. The maximum Gasteiger partial charge on any atom is 0.337 e. The number of thiocarbonyl (C=S) groups is 1. The third-order valence-electron chi connectivity index (χ3n) is 6.38. The first-order valence-electron chi connectivity index (χ1n) is 12.0. The Labute approximate surface area is 221 Å². The van der Waals surface area contributed by atoms with E-state index in [-0.39, 0.29) is 18.2 Å². The van der Waals surface area contributed by atoms with Crippen LogP contribution in [0.15, 0.2) is 48.5 Å². The van der Waals surface area contributed by atoms with Crippen LogP contribution < -0.4 is 15.0 Å². The zero-order chi connectivity index (χ0) is 26.4. The smallest absolute Gasteiger partial charge is 0.337 e. The predicted molar refractivity (Wildman–Crippen MR) is 142 cm³/mol. The Morgan fingerprint density at radius 2 is 1.70 bits per heavy atom. The monoisotopic (exact) mass is 526 g/mol. The van der Waals surface area contributed by atoms with E-state index < -0.39 is 12.0 Å². The maximum atomic E-state index is 13.6. The Morgan fingerprint density at radius 1 is 1.03 bits per heavy atom. The van der Waals surface area contributed by atoms with Crippen LogP contribution >= 0.6 is 12.2 Å². The molecule has 0 aliphatic carbocycles. The van der Waals surface area contributed by atoms with Gasteiger partial charge in [-0.15, -0.1) is 0 Å². The molecule has 0 radical (unpaired) electrons. The fraction of sp³-hybridized carbons (Fsp3) is 0.385. The Morgan fingerprint density at radius 3 is 2.32 bits per heavy atom. The van der Waals surface area contributed by atoms with Crippen LogP contribution in [-0.2, 0) is 19.1 Å². The van der Waals surface area contributed by atoms with Crippen LogP contribution in [0.5, 0.6) is 5.75 Å². The Hall–Kier alpha value is -3.54. The summed E-state index contributed by atoms with van der Waals surface area (Å²) in [7, 11) is 2.88. The van der Waals surface area contributed by atoms with Crippen molar-refractivity contribution in [1.29, 1.82) is 0 Å². The van der Waals surface area contributed by atoms with Gasteiger partial charge in [0.2, 0.25) is 5.91 Å². The van der Waals surface area contributed by atoms with E-state index in [1.807, 2.05) is 4.90 Å². The number of anilines is 2. The lowest BCUT2D eigenvalue weighted by molar-refractivity contribution is -0.124. The van der Waals surface area contributed by atoms with Crippen molar-refractivity contribution in [3.8, 4) is 5.75 Å². The van der Waals surface area contributed by atoms with Gasteiger partial charge in [0.1, 0.15) is 11.8 Å². The number of benzene rings is 2. The summed E-state index contributed by atoms with van der Waals surface area (Å²) in [5.74, 6) is -0.384. The first kappa shape index (κ1) is 26.5. The summed E-state index contributed by atoms with van der Waals surface area (Å²) >= 11 is 5.74. The van der Waals surface area contributed by atoms with Gasteiger partial charge >= 0.3 is 5.97 Å². The molecule has 2 aliphatic rings. The molecule has 0 spiro atoms. The molecule has 2 aromatic carbocycles. The summed E-state index contributed by atoms with van der Waals surface area (Å²) in [4.78, 5) is 43.8. The fourth-order valence-electron chi connectivity index (χ4n) is 4.33. The van der Waals surface area contributed by atoms with Gasteiger partial charge in [0.25, 0.3) is 5.91 Å². The molecule has 10 nitrogen and oxygen atoms in total. The molecule has 2 fully saturated rings. The molecule has 0 bridgehead atoms. The van der Waals surface area contributed by atoms with Gasteiger partial charge < -0.3 is 24.4 Å². The number of morpholine rings is 1. The average Bonchev–Trinajstić information content (AvgIpc) is 3.16. The van der Waals surface area contributed by atoms with Crippen LogP contribution in [0.2, 0.25) is 0 Å². The number of carbonyl (C=O) groups is 3. The molecule has 0 unspecified atom stereocenters. The molecule has 2 aliphatic heterocycles. The van der Waals surface area contributed by atoms with Gasteiger partial charge in [0.05, 0.1) is 45.1 Å². The van der Waals surface area contributed by atoms with E-state index >= 15 is 0 Å². The summed E-state index contributed by atoms with van der Waals surface area (Å²) in [6.07, 6.45) is -0.0759.